The van der Waals surface area contributed by atoms with Crippen LogP contribution in [0.3, 0.4) is 0 Å². The van der Waals surface area contributed by atoms with Gasteiger partial charge in [-0.3, -0.25) is 0 Å². The smallest absolute Gasteiger partial charge is 0.143 e. The molecule has 0 bridgehead atoms. The summed E-state index contributed by atoms with van der Waals surface area (Å²) in [6.07, 6.45) is 16.7. The van der Waals surface area contributed by atoms with E-state index in [4.69, 9.17) is 8.83 Å². The lowest BCUT2D eigenvalue weighted by molar-refractivity contribution is 0.670. The van der Waals surface area contributed by atoms with Crippen LogP contribution in [0, 0.1) is 0 Å². The Morgan fingerprint density at radius 1 is 0.580 bits per heavy atom. The van der Waals surface area contributed by atoms with Gasteiger partial charge in [0, 0.05) is 32.5 Å². The summed E-state index contributed by atoms with van der Waals surface area (Å²) in [6, 6.07) is 40.8. The van der Waals surface area contributed by atoms with E-state index in [0.29, 0.717) is 0 Å². The number of allylic oxidation sites excluding steroid dienone is 8. The summed E-state index contributed by atoms with van der Waals surface area (Å²) in [5, 5.41) is 8.99. The molecule has 2 heteroatoms. The van der Waals surface area contributed by atoms with Crippen LogP contribution in [-0.2, 0) is 0 Å². The van der Waals surface area contributed by atoms with E-state index in [-0.39, 0.29) is 0 Å². The van der Waals surface area contributed by atoms with Crippen molar-refractivity contribution in [2.45, 2.75) is 12.8 Å². The highest BCUT2D eigenvalue weighted by atomic mass is 16.3. The van der Waals surface area contributed by atoms with Gasteiger partial charge in [0.2, 0.25) is 0 Å². The van der Waals surface area contributed by atoms with Crippen LogP contribution >= 0.6 is 0 Å². The molecule has 0 saturated heterocycles. The molecule has 0 N–H and O–H groups in total. The fourth-order valence-electron chi connectivity index (χ4n) is 7.46. The molecule has 0 amide bonds. The molecule has 1 aliphatic carbocycles. The van der Waals surface area contributed by atoms with E-state index >= 15 is 0 Å². The molecule has 238 valence electrons. The van der Waals surface area contributed by atoms with Gasteiger partial charge in [-0.2, -0.15) is 0 Å². The Hall–Kier alpha value is -6.38. The molecule has 50 heavy (non-hydrogen) atoms. The van der Waals surface area contributed by atoms with Crippen molar-refractivity contribution in [2.75, 3.05) is 0 Å². The molecule has 2 aromatic heterocycles. The lowest BCUT2D eigenvalue weighted by Gasteiger charge is -2.11. The number of para-hydroxylation sites is 2. The van der Waals surface area contributed by atoms with Crippen LogP contribution in [0.5, 0.6) is 0 Å². The molecule has 0 saturated carbocycles. The van der Waals surface area contributed by atoms with Gasteiger partial charge in [-0.25, -0.2) is 0 Å². The molecular weight excluding hydrogens is 609 g/mol. The van der Waals surface area contributed by atoms with Crippen LogP contribution in [0.2, 0.25) is 0 Å². The van der Waals surface area contributed by atoms with Gasteiger partial charge in [-0.1, -0.05) is 147 Å². The molecule has 0 atom stereocenters. The third-order valence-corrected chi connectivity index (χ3v) is 9.85. The molecule has 8 aromatic rings. The summed E-state index contributed by atoms with van der Waals surface area (Å²) in [6.45, 7) is 8.26. The first-order valence-electron chi connectivity index (χ1n) is 17.1. The lowest BCUT2D eigenvalue weighted by Crippen LogP contribution is -2.29. The summed E-state index contributed by atoms with van der Waals surface area (Å²) < 4.78 is 13.2. The van der Waals surface area contributed by atoms with Crippen LogP contribution in [0.15, 0.2) is 185 Å². The van der Waals surface area contributed by atoms with Crippen molar-refractivity contribution in [1.29, 1.82) is 0 Å². The number of rotatable bonds is 5. The predicted octanol–water partition coefficient (Wildman–Crippen LogP) is 11.9. The standard InChI is InChI=1S/C48H34O2/c1-3-4-15-31(2)34-16-7-5-6-8-17-35(37-19-10-9-18-36(34)37)32-24-26-33(27-25-32)42-30-43-39(46-41-21-12-14-23-45(41)50-48(42)46)28-29-40-38-20-11-13-22-44(38)49-47(40)43/h3-4,7-30H,1-2,5-6H2/b15-4-,16-7+,17-8+,36-34+,37-35+. The number of hydrogen-bond donors (Lipinski definition) is 0. The van der Waals surface area contributed by atoms with Gasteiger partial charge in [0.05, 0.1) is 0 Å². The minimum Gasteiger partial charge on any atom is -0.455 e. The average molecular weight is 643 g/mol. The van der Waals surface area contributed by atoms with E-state index in [0.717, 1.165) is 101 Å². The third kappa shape index (κ3) is 4.88. The fourth-order valence-corrected chi connectivity index (χ4v) is 7.46. The van der Waals surface area contributed by atoms with Crippen LogP contribution < -0.4 is 10.4 Å². The largest absolute Gasteiger partial charge is 0.455 e. The molecule has 2 nitrogen and oxygen atoms in total. The quantitative estimate of drug-likeness (QED) is 0.175. The van der Waals surface area contributed by atoms with E-state index in [2.05, 4.69) is 135 Å². The van der Waals surface area contributed by atoms with Crippen LogP contribution in [0.25, 0.3) is 76.9 Å². The van der Waals surface area contributed by atoms with Crippen molar-refractivity contribution >= 4 is 65.8 Å². The second kappa shape index (κ2) is 12.3. The Morgan fingerprint density at radius 2 is 1.22 bits per heavy atom. The maximum atomic E-state index is 6.65. The van der Waals surface area contributed by atoms with Crippen LogP contribution in [0.4, 0.5) is 0 Å². The first-order valence-corrected chi connectivity index (χ1v) is 17.1. The lowest BCUT2D eigenvalue weighted by atomic mass is 9.92. The van der Waals surface area contributed by atoms with E-state index in [1.165, 1.54) is 10.8 Å². The number of benzene rings is 6. The molecule has 1 aliphatic rings. The van der Waals surface area contributed by atoms with Gasteiger partial charge < -0.3 is 8.83 Å². The zero-order valence-corrected chi connectivity index (χ0v) is 27.7. The minimum absolute atomic E-state index is 0.877. The van der Waals surface area contributed by atoms with Crippen LogP contribution in [-0.4, -0.2) is 0 Å². The average Bonchev–Trinajstić information content (AvgIpc) is 3.75. The first-order chi connectivity index (χ1) is 24.7. The molecule has 0 aliphatic heterocycles. The first kappa shape index (κ1) is 29.7. The maximum absolute atomic E-state index is 6.65. The molecule has 2 heterocycles. The van der Waals surface area contributed by atoms with Crippen molar-refractivity contribution in [2.24, 2.45) is 0 Å². The Kier molecular flexibility index (Phi) is 7.29. The molecule has 9 rings (SSSR count). The van der Waals surface area contributed by atoms with E-state index in [9.17, 15) is 0 Å². The SMILES string of the molecule is C=C/C=C\C(=C)C1=c2\cccc\c2=C(c2ccc(-c3cc4c(ccc5c6ccccc6oc54)c4c3oc3ccccc34)cc2)\C=C\CC\C=C\1. The van der Waals surface area contributed by atoms with Crippen molar-refractivity contribution in [1.82, 2.24) is 0 Å². The molecule has 0 radical (unpaired) electrons. The van der Waals surface area contributed by atoms with Crippen molar-refractivity contribution < 1.29 is 8.83 Å². The summed E-state index contributed by atoms with van der Waals surface area (Å²) in [5.74, 6) is 0. The van der Waals surface area contributed by atoms with E-state index in [1.807, 2.05) is 30.4 Å². The number of furan rings is 2. The van der Waals surface area contributed by atoms with Gasteiger partial charge in [0.25, 0.3) is 0 Å². The summed E-state index contributed by atoms with van der Waals surface area (Å²) >= 11 is 0. The monoisotopic (exact) mass is 642 g/mol. The zero-order chi connectivity index (χ0) is 33.6. The molecule has 0 fully saturated rings. The van der Waals surface area contributed by atoms with Crippen molar-refractivity contribution in [3.05, 3.63) is 193 Å². The van der Waals surface area contributed by atoms with Gasteiger partial charge >= 0.3 is 0 Å². The Bertz CT molecular complexity index is 2880. The number of hydrogen-bond acceptors (Lipinski definition) is 2. The minimum atomic E-state index is 0.877. The highest BCUT2D eigenvalue weighted by Crippen LogP contribution is 2.44. The second-order valence-electron chi connectivity index (χ2n) is 12.8. The second-order valence-corrected chi connectivity index (χ2v) is 12.8. The topological polar surface area (TPSA) is 26.3 Å². The molecule has 0 spiro atoms. The highest BCUT2D eigenvalue weighted by Gasteiger charge is 2.20. The summed E-state index contributed by atoms with van der Waals surface area (Å²) in [4.78, 5) is 0. The predicted molar refractivity (Wildman–Crippen MR) is 212 cm³/mol. The van der Waals surface area contributed by atoms with Crippen molar-refractivity contribution in [3.8, 4) is 11.1 Å². The fraction of sp³-hybridized carbons (Fsp3) is 0.0417. The van der Waals surface area contributed by atoms with Crippen LogP contribution in [0.1, 0.15) is 18.4 Å². The molecule has 0 unspecified atom stereocenters. The van der Waals surface area contributed by atoms with Gasteiger partial charge in [0.1, 0.15) is 22.3 Å². The Morgan fingerprint density at radius 3 is 2.02 bits per heavy atom. The van der Waals surface area contributed by atoms with Gasteiger partial charge in [0.15, 0.2) is 0 Å². The molecule has 6 aromatic carbocycles. The number of fused-ring (bicyclic) bond motifs is 10. The normalized spacial score (nSPS) is 17.1. The van der Waals surface area contributed by atoms with Gasteiger partial charge in [-0.15, -0.1) is 0 Å². The Balaban J connectivity index is 1.29. The summed E-state index contributed by atoms with van der Waals surface area (Å²) in [5.41, 5.74) is 10.1. The third-order valence-electron chi connectivity index (χ3n) is 9.85. The zero-order valence-electron chi connectivity index (χ0n) is 27.7. The highest BCUT2D eigenvalue weighted by molar-refractivity contribution is 6.27. The van der Waals surface area contributed by atoms with Gasteiger partial charge in [-0.05, 0) is 80.8 Å². The Labute approximate surface area is 290 Å². The maximum Gasteiger partial charge on any atom is 0.143 e. The molecular formula is C48H34O2. The van der Waals surface area contributed by atoms with E-state index in [1.54, 1.807) is 6.08 Å². The summed E-state index contributed by atoms with van der Waals surface area (Å²) in [7, 11) is 0. The van der Waals surface area contributed by atoms with Crippen molar-refractivity contribution in [3.63, 3.8) is 0 Å². The van der Waals surface area contributed by atoms with E-state index < -0.39 is 0 Å².